The van der Waals surface area contributed by atoms with Crippen LogP contribution in [0.2, 0.25) is 0 Å². The Morgan fingerprint density at radius 1 is 0.361 bits per heavy atom. The van der Waals surface area contributed by atoms with Crippen molar-refractivity contribution in [2.75, 3.05) is 26.4 Å². The number of hydrogen-bond donors (Lipinski definition) is 12. The molecule has 3 rings (SSSR count). The molecule has 0 bridgehead atoms. The maximum Gasteiger partial charge on any atom is 0.220 e. The van der Waals surface area contributed by atoms with E-state index in [0.29, 0.717) is 12.8 Å². The average Bonchev–Trinajstić information content (AvgIpc) is 0.797. The minimum Gasteiger partial charge on any atom is -0.394 e. The van der Waals surface area contributed by atoms with Crippen LogP contribution in [-0.4, -0.2) is 193 Å². The molecule has 1 amide bonds. The zero-order valence-corrected chi connectivity index (χ0v) is 60.8. The molecule has 3 heterocycles. The summed E-state index contributed by atoms with van der Waals surface area (Å²) in [5.74, 6) is -0.281. The van der Waals surface area contributed by atoms with Gasteiger partial charge in [0.25, 0.3) is 0 Å². The molecule has 19 nitrogen and oxygen atoms in total. The second kappa shape index (κ2) is 59.4. The van der Waals surface area contributed by atoms with Gasteiger partial charge in [-0.15, -0.1) is 0 Å². The molecule has 0 aromatic carbocycles. The topological polar surface area (TPSA) is 307 Å². The molecular weight excluding hydrogens is 1240 g/mol. The molecule has 12 N–H and O–H groups in total. The van der Waals surface area contributed by atoms with Crippen molar-refractivity contribution in [2.24, 2.45) is 0 Å². The van der Waals surface area contributed by atoms with E-state index in [1.807, 2.05) is 6.08 Å². The number of allylic oxidation sites excluding steroid dienone is 5. The summed E-state index contributed by atoms with van der Waals surface area (Å²) >= 11 is 0. The largest absolute Gasteiger partial charge is 0.394 e. The van der Waals surface area contributed by atoms with Gasteiger partial charge in [-0.05, 0) is 57.8 Å². The molecule has 19 heteroatoms. The second-order valence-corrected chi connectivity index (χ2v) is 28.5. The third-order valence-electron chi connectivity index (χ3n) is 19.9. The van der Waals surface area contributed by atoms with Gasteiger partial charge in [0.05, 0.1) is 38.6 Å². The van der Waals surface area contributed by atoms with Crippen LogP contribution in [0.4, 0.5) is 0 Å². The Balaban J connectivity index is 1.40. The number of aliphatic hydroxyl groups excluding tert-OH is 11. The van der Waals surface area contributed by atoms with Gasteiger partial charge in [0.15, 0.2) is 18.9 Å². The summed E-state index contributed by atoms with van der Waals surface area (Å²) < 4.78 is 34.4. The number of carbonyl (C=O) groups excluding carboxylic acids is 1. The maximum absolute atomic E-state index is 13.5. The van der Waals surface area contributed by atoms with E-state index in [9.17, 15) is 61.0 Å². The quantitative estimate of drug-likeness (QED) is 0.0199. The van der Waals surface area contributed by atoms with Crippen molar-refractivity contribution in [3.63, 3.8) is 0 Å². The highest BCUT2D eigenvalue weighted by Crippen LogP contribution is 2.33. The number of carbonyl (C=O) groups is 1. The molecule has 0 aromatic rings. The Hall–Kier alpha value is -1.99. The summed E-state index contributed by atoms with van der Waals surface area (Å²) in [6.07, 6.45) is 45.6. The van der Waals surface area contributed by atoms with Crippen LogP contribution in [0, 0.1) is 0 Å². The summed E-state index contributed by atoms with van der Waals surface area (Å²) in [5, 5.41) is 121. The van der Waals surface area contributed by atoms with Crippen LogP contribution in [0.3, 0.4) is 0 Å². The number of unbranched alkanes of at least 4 members (excludes halogenated alkanes) is 43. The number of rotatable bonds is 63. The van der Waals surface area contributed by atoms with Gasteiger partial charge in [-0.2, -0.15) is 0 Å². The highest BCUT2D eigenvalue weighted by molar-refractivity contribution is 5.76. The Kier molecular flexibility index (Phi) is 54.6. The van der Waals surface area contributed by atoms with E-state index >= 15 is 0 Å². The highest BCUT2D eigenvalue weighted by Gasteiger charge is 2.53. The molecule has 3 fully saturated rings. The molecule has 3 saturated heterocycles. The van der Waals surface area contributed by atoms with E-state index in [1.54, 1.807) is 6.08 Å². The van der Waals surface area contributed by atoms with Crippen LogP contribution in [0.15, 0.2) is 36.5 Å². The molecule has 0 radical (unpaired) electrons. The van der Waals surface area contributed by atoms with Crippen molar-refractivity contribution < 1.29 is 89.4 Å². The summed E-state index contributed by atoms with van der Waals surface area (Å²) in [4.78, 5) is 13.5. The van der Waals surface area contributed by atoms with Crippen molar-refractivity contribution in [3.05, 3.63) is 36.5 Å². The smallest absolute Gasteiger partial charge is 0.220 e. The molecule has 0 spiro atoms. The third-order valence-corrected chi connectivity index (χ3v) is 19.9. The molecule has 97 heavy (non-hydrogen) atoms. The third kappa shape index (κ3) is 40.0. The standard InChI is InChI=1S/C78H145NO18/c1-3-5-7-9-11-13-15-17-19-21-23-25-27-29-30-32-33-35-37-39-41-43-45-47-49-51-53-55-62(83)61(79-66(84)56-54-52-50-48-46-44-42-40-38-36-34-31-28-26-24-22-20-18-16-14-12-10-8-6-4-2)60-92-76-72(90)69(87)74(64(58-81)94-76)97-78-73(91)70(88)75(65(59-82)95-78)96-77-71(89)68(86)67(85)63(57-80)93-77/h22,24,45,47,53,55,61-65,67-78,80-83,85-91H,3-21,23,25-44,46,48-52,54,56-60H2,1-2H3,(H,79,84)/b24-22-,47-45+,55-53+. The lowest BCUT2D eigenvalue weighted by atomic mass is 9.96. The first-order valence-corrected chi connectivity index (χ1v) is 39.7. The lowest BCUT2D eigenvalue weighted by molar-refractivity contribution is -0.379. The SMILES string of the molecule is CCCCCCCCCC/C=C\CCCCCCCCCCCCCCCC(=O)NC(COC1OC(CO)C(OC2OC(CO)C(OC3OC(CO)C(O)C(O)C3O)C(O)C2O)C(O)C1O)C(O)/C=C/CC/C=C/CCCCCCCCCCCCCCCCCCCCCCC. The minimum absolute atomic E-state index is 0.237. The van der Waals surface area contributed by atoms with Crippen molar-refractivity contribution in [1.29, 1.82) is 0 Å². The Morgan fingerprint density at radius 2 is 0.660 bits per heavy atom. The maximum atomic E-state index is 13.5. The number of nitrogens with one attached hydrogen (secondary N) is 1. The van der Waals surface area contributed by atoms with Gasteiger partial charge in [-0.25, -0.2) is 0 Å². The van der Waals surface area contributed by atoms with Gasteiger partial charge in [0, 0.05) is 6.42 Å². The minimum atomic E-state index is -1.98. The molecular formula is C78H145NO18. The van der Waals surface area contributed by atoms with Gasteiger partial charge in [0.1, 0.15) is 73.2 Å². The van der Waals surface area contributed by atoms with E-state index in [-0.39, 0.29) is 18.9 Å². The number of amides is 1. The van der Waals surface area contributed by atoms with E-state index < -0.39 is 124 Å². The number of hydrogen-bond acceptors (Lipinski definition) is 18. The Morgan fingerprint density at radius 3 is 1.03 bits per heavy atom. The van der Waals surface area contributed by atoms with Crippen LogP contribution in [0.5, 0.6) is 0 Å². The fourth-order valence-electron chi connectivity index (χ4n) is 13.5. The Labute approximate surface area is 587 Å². The fourth-order valence-corrected chi connectivity index (χ4v) is 13.5. The van der Waals surface area contributed by atoms with Gasteiger partial charge in [0.2, 0.25) is 5.91 Å². The zero-order chi connectivity index (χ0) is 70.4. The van der Waals surface area contributed by atoms with Gasteiger partial charge < -0.3 is 89.9 Å². The normalized spacial score (nSPS) is 27.0. The highest BCUT2D eigenvalue weighted by atomic mass is 16.8. The summed E-state index contributed by atoms with van der Waals surface area (Å²) in [7, 11) is 0. The van der Waals surface area contributed by atoms with E-state index in [2.05, 4.69) is 43.5 Å². The predicted octanol–water partition coefficient (Wildman–Crippen LogP) is 12.7. The zero-order valence-electron chi connectivity index (χ0n) is 60.8. The molecule has 3 aliphatic rings. The van der Waals surface area contributed by atoms with Crippen molar-refractivity contribution in [3.8, 4) is 0 Å². The molecule has 17 atom stereocenters. The molecule has 0 aliphatic carbocycles. The van der Waals surface area contributed by atoms with Crippen LogP contribution >= 0.6 is 0 Å². The first kappa shape index (κ1) is 89.2. The van der Waals surface area contributed by atoms with Crippen molar-refractivity contribution in [2.45, 2.75) is 426 Å². The molecule has 570 valence electrons. The number of ether oxygens (including phenoxy) is 6. The first-order valence-electron chi connectivity index (χ1n) is 39.7. The lowest BCUT2D eigenvalue weighted by Gasteiger charge is -2.48. The van der Waals surface area contributed by atoms with Gasteiger partial charge in [-0.1, -0.05) is 294 Å². The first-order chi connectivity index (χ1) is 47.3. The summed E-state index contributed by atoms with van der Waals surface area (Å²) in [6, 6.07) is -0.991. The molecule has 0 saturated carbocycles. The van der Waals surface area contributed by atoms with Crippen LogP contribution < -0.4 is 5.32 Å². The van der Waals surface area contributed by atoms with E-state index in [4.69, 9.17) is 28.4 Å². The van der Waals surface area contributed by atoms with E-state index in [1.165, 1.54) is 250 Å². The van der Waals surface area contributed by atoms with Crippen LogP contribution in [0.1, 0.15) is 322 Å². The number of aliphatic hydroxyl groups is 11. The average molecular weight is 1390 g/mol. The van der Waals surface area contributed by atoms with E-state index in [0.717, 1.165) is 38.5 Å². The monoisotopic (exact) mass is 1380 g/mol. The van der Waals surface area contributed by atoms with Crippen LogP contribution in [-0.2, 0) is 33.2 Å². The van der Waals surface area contributed by atoms with Crippen molar-refractivity contribution in [1.82, 2.24) is 5.32 Å². The van der Waals surface area contributed by atoms with Gasteiger partial charge in [-0.3, -0.25) is 4.79 Å². The molecule has 0 aromatic heterocycles. The fraction of sp³-hybridized carbons (Fsp3) is 0.910. The van der Waals surface area contributed by atoms with Crippen LogP contribution in [0.25, 0.3) is 0 Å². The van der Waals surface area contributed by atoms with Gasteiger partial charge >= 0.3 is 0 Å². The summed E-state index contributed by atoms with van der Waals surface area (Å²) in [6.45, 7) is 1.77. The molecule has 3 aliphatic heterocycles. The second-order valence-electron chi connectivity index (χ2n) is 28.5. The summed E-state index contributed by atoms with van der Waals surface area (Å²) in [5.41, 5.74) is 0. The van der Waals surface area contributed by atoms with Crippen molar-refractivity contribution >= 4 is 5.91 Å². The lowest BCUT2D eigenvalue weighted by Crippen LogP contribution is -2.66. The molecule has 17 unspecified atom stereocenters. The Bertz CT molecular complexity index is 1900. The predicted molar refractivity (Wildman–Crippen MR) is 383 cm³/mol.